The Bertz CT molecular complexity index is 1000. The van der Waals surface area contributed by atoms with Crippen LogP contribution in [-0.2, 0) is 0 Å². The lowest BCUT2D eigenvalue weighted by Crippen LogP contribution is -2.10. The summed E-state index contributed by atoms with van der Waals surface area (Å²) in [4.78, 5) is 18.9. The van der Waals surface area contributed by atoms with Gasteiger partial charge in [-0.1, -0.05) is 23.5 Å². The second kappa shape index (κ2) is 7.65. The Kier molecular flexibility index (Phi) is 4.91. The summed E-state index contributed by atoms with van der Waals surface area (Å²) in [6, 6.07) is 11.1. The van der Waals surface area contributed by atoms with Crippen molar-refractivity contribution in [3.8, 4) is 10.6 Å². The molecular formula is C17H12N4O2S3. The summed E-state index contributed by atoms with van der Waals surface area (Å²) in [6.07, 6.45) is 3.20. The summed E-state index contributed by atoms with van der Waals surface area (Å²) in [5, 5.41) is 12.3. The zero-order chi connectivity index (χ0) is 17.8. The first-order valence-corrected chi connectivity index (χ1v) is 10.1. The fourth-order valence-corrected chi connectivity index (χ4v) is 4.32. The number of rotatable bonds is 6. The maximum Gasteiger partial charge on any atom is 0.292 e. The summed E-state index contributed by atoms with van der Waals surface area (Å²) >= 11 is 4.48. The van der Waals surface area contributed by atoms with Crippen LogP contribution in [0.25, 0.3) is 10.6 Å². The third-order valence-electron chi connectivity index (χ3n) is 3.25. The van der Waals surface area contributed by atoms with Crippen molar-refractivity contribution in [3.05, 3.63) is 64.1 Å². The van der Waals surface area contributed by atoms with E-state index < -0.39 is 0 Å². The summed E-state index contributed by atoms with van der Waals surface area (Å²) in [6.45, 7) is 0. The molecule has 0 unspecified atom stereocenters. The molecule has 1 amide bonds. The van der Waals surface area contributed by atoms with Gasteiger partial charge in [0.1, 0.15) is 10.7 Å². The van der Waals surface area contributed by atoms with Crippen molar-refractivity contribution in [3.63, 3.8) is 0 Å². The predicted molar refractivity (Wildman–Crippen MR) is 108 cm³/mol. The number of amides is 1. The molecule has 0 saturated carbocycles. The van der Waals surface area contributed by atoms with Gasteiger partial charge < -0.3 is 9.73 Å². The van der Waals surface area contributed by atoms with Crippen LogP contribution < -0.4 is 10.7 Å². The Morgan fingerprint density at radius 1 is 1.15 bits per heavy atom. The Labute approximate surface area is 160 Å². The summed E-state index contributed by atoms with van der Waals surface area (Å²) < 4.78 is 5.15. The van der Waals surface area contributed by atoms with Gasteiger partial charge in [-0.05, 0) is 35.0 Å². The summed E-state index contributed by atoms with van der Waals surface area (Å²) in [5.74, 6) is -0.0640. The van der Waals surface area contributed by atoms with Gasteiger partial charge in [-0.2, -0.15) is 5.10 Å². The molecule has 0 spiro atoms. The minimum Gasteiger partial charge on any atom is -0.459 e. The van der Waals surface area contributed by atoms with E-state index in [0.29, 0.717) is 15.8 Å². The van der Waals surface area contributed by atoms with Crippen molar-refractivity contribution in [1.82, 2.24) is 4.98 Å². The molecule has 0 radical (unpaired) electrons. The lowest BCUT2D eigenvalue weighted by Gasteiger charge is -2.01. The molecule has 0 atom stereocenters. The molecule has 9 heteroatoms. The molecule has 4 aromatic rings. The number of thiazole rings is 1. The minimum absolute atomic E-state index is 0.251. The smallest absolute Gasteiger partial charge is 0.292 e. The van der Waals surface area contributed by atoms with Gasteiger partial charge in [0.15, 0.2) is 5.76 Å². The molecule has 4 aromatic heterocycles. The number of thiophene rings is 2. The lowest BCUT2D eigenvalue weighted by atomic mass is 10.3. The highest BCUT2D eigenvalue weighted by Crippen LogP contribution is 2.38. The van der Waals surface area contributed by atoms with Gasteiger partial charge in [-0.15, -0.1) is 22.7 Å². The molecule has 6 nitrogen and oxygen atoms in total. The molecule has 2 N–H and O–H groups in total. The van der Waals surface area contributed by atoms with Crippen LogP contribution in [0.2, 0.25) is 0 Å². The van der Waals surface area contributed by atoms with E-state index in [0.717, 1.165) is 9.75 Å². The van der Waals surface area contributed by atoms with Gasteiger partial charge in [-0.3, -0.25) is 10.2 Å². The van der Waals surface area contributed by atoms with Gasteiger partial charge >= 0.3 is 0 Å². The lowest BCUT2D eigenvalue weighted by molar-refractivity contribution is 0.0997. The van der Waals surface area contributed by atoms with Crippen molar-refractivity contribution in [2.24, 2.45) is 5.10 Å². The van der Waals surface area contributed by atoms with Crippen LogP contribution in [0.1, 0.15) is 15.4 Å². The van der Waals surface area contributed by atoms with Crippen molar-refractivity contribution in [1.29, 1.82) is 0 Å². The second-order valence-corrected chi connectivity index (χ2v) is 7.92. The number of hydrazone groups is 1. The molecule has 0 aliphatic heterocycles. The molecule has 26 heavy (non-hydrogen) atoms. The number of carbonyl (C=O) groups is 1. The highest BCUT2D eigenvalue weighted by atomic mass is 32.1. The number of furan rings is 1. The standard InChI is InChI=1S/C17H12N4O2S3/c22-15(12-5-1-7-23-12)20-16-14(13-6-3-9-25-13)19-17(26-16)21-18-10-11-4-2-8-24-11/h1-10H,(H,19,21)(H,20,22)/b18-10+. The number of hydrogen-bond donors (Lipinski definition) is 2. The average molecular weight is 401 g/mol. The quantitative estimate of drug-likeness (QED) is 0.343. The molecule has 0 aromatic carbocycles. The monoisotopic (exact) mass is 400 g/mol. The molecule has 0 bridgehead atoms. The fraction of sp³-hybridized carbons (Fsp3) is 0. The van der Waals surface area contributed by atoms with Crippen molar-refractivity contribution < 1.29 is 9.21 Å². The number of aromatic nitrogens is 1. The van der Waals surface area contributed by atoms with Crippen molar-refractivity contribution in [2.45, 2.75) is 0 Å². The van der Waals surface area contributed by atoms with E-state index in [9.17, 15) is 4.79 Å². The van der Waals surface area contributed by atoms with E-state index in [1.165, 1.54) is 17.6 Å². The van der Waals surface area contributed by atoms with Gasteiger partial charge in [0.05, 0.1) is 17.4 Å². The van der Waals surface area contributed by atoms with E-state index in [1.807, 2.05) is 35.0 Å². The number of hydrogen-bond acceptors (Lipinski definition) is 8. The van der Waals surface area contributed by atoms with Crippen LogP contribution in [0.5, 0.6) is 0 Å². The molecule has 4 rings (SSSR count). The maximum absolute atomic E-state index is 12.3. The van der Waals surface area contributed by atoms with Crippen LogP contribution in [0.4, 0.5) is 10.1 Å². The second-order valence-electron chi connectivity index (χ2n) is 4.99. The number of nitrogens with one attached hydrogen (secondary N) is 2. The third-order valence-corrected chi connectivity index (χ3v) is 5.81. The number of nitrogens with zero attached hydrogens (tertiary/aromatic N) is 2. The van der Waals surface area contributed by atoms with Crippen LogP contribution >= 0.6 is 34.0 Å². The molecular weight excluding hydrogens is 388 g/mol. The third kappa shape index (κ3) is 3.74. The number of carbonyl (C=O) groups excluding carboxylic acids is 1. The van der Waals surface area contributed by atoms with Crippen molar-refractivity contribution >= 4 is 56.3 Å². The molecule has 130 valence electrons. The van der Waals surface area contributed by atoms with Gasteiger partial charge in [-0.25, -0.2) is 4.98 Å². The zero-order valence-electron chi connectivity index (χ0n) is 13.2. The molecule has 0 saturated heterocycles. The Morgan fingerprint density at radius 3 is 2.77 bits per heavy atom. The van der Waals surface area contributed by atoms with Crippen LogP contribution in [-0.4, -0.2) is 17.1 Å². The average Bonchev–Trinajstić information content (AvgIpc) is 3.42. The van der Waals surface area contributed by atoms with Gasteiger partial charge in [0.25, 0.3) is 5.91 Å². The molecule has 0 fully saturated rings. The first-order chi connectivity index (χ1) is 12.8. The summed E-state index contributed by atoms with van der Waals surface area (Å²) in [7, 11) is 0. The van der Waals surface area contributed by atoms with E-state index in [4.69, 9.17) is 4.42 Å². The highest BCUT2D eigenvalue weighted by molar-refractivity contribution is 7.21. The van der Waals surface area contributed by atoms with Crippen molar-refractivity contribution in [2.75, 3.05) is 10.7 Å². The van der Waals surface area contributed by atoms with E-state index >= 15 is 0 Å². The molecule has 0 aliphatic carbocycles. The predicted octanol–water partition coefficient (Wildman–Crippen LogP) is 5.22. The maximum atomic E-state index is 12.3. The van der Waals surface area contributed by atoms with Gasteiger partial charge in [0, 0.05) is 4.88 Å². The molecule has 0 aliphatic rings. The first kappa shape index (κ1) is 16.7. The normalized spacial score (nSPS) is 11.1. The Morgan fingerprint density at radius 2 is 2.04 bits per heavy atom. The fourth-order valence-electron chi connectivity index (χ4n) is 2.12. The topological polar surface area (TPSA) is 79.5 Å². The van der Waals surface area contributed by atoms with E-state index in [-0.39, 0.29) is 11.7 Å². The zero-order valence-corrected chi connectivity index (χ0v) is 15.7. The van der Waals surface area contributed by atoms with E-state index in [2.05, 4.69) is 20.8 Å². The highest BCUT2D eigenvalue weighted by Gasteiger charge is 2.18. The van der Waals surface area contributed by atoms with Crippen LogP contribution in [0.3, 0.4) is 0 Å². The van der Waals surface area contributed by atoms with Crippen LogP contribution in [0.15, 0.2) is 62.9 Å². The van der Waals surface area contributed by atoms with Crippen LogP contribution in [0, 0.1) is 0 Å². The summed E-state index contributed by atoms with van der Waals surface area (Å²) in [5.41, 5.74) is 3.63. The molecule has 4 heterocycles. The minimum atomic E-state index is -0.315. The first-order valence-electron chi connectivity index (χ1n) is 7.52. The Hall–Kier alpha value is -2.75. The Balaban J connectivity index is 1.57. The largest absolute Gasteiger partial charge is 0.459 e. The number of anilines is 2. The van der Waals surface area contributed by atoms with Gasteiger partial charge in [0.2, 0.25) is 5.13 Å². The SMILES string of the molecule is O=C(Nc1sc(N/N=C/c2cccs2)nc1-c1cccs1)c1ccco1. The van der Waals surface area contributed by atoms with E-state index in [1.54, 1.807) is 41.0 Å².